The number of aliphatic carboxylic acids is 1. The van der Waals surface area contributed by atoms with Gasteiger partial charge < -0.3 is 15.2 Å². The van der Waals surface area contributed by atoms with E-state index in [4.69, 9.17) is 9.84 Å². The number of carbonyl (C=O) groups excluding carboxylic acids is 1. The Hall–Kier alpha value is -2.06. The van der Waals surface area contributed by atoms with Gasteiger partial charge in [-0.3, -0.25) is 9.20 Å². The van der Waals surface area contributed by atoms with Crippen LogP contribution < -0.4 is 5.32 Å². The lowest BCUT2D eigenvalue weighted by Gasteiger charge is -2.13. The van der Waals surface area contributed by atoms with Crippen molar-refractivity contribution in [1.29, 1.82) is 0 Å². The number of pyridine rings is 1. The highest BCUT2D eigenvalue weighted by atomic mass is 32.2. The zero-order valence-electron chi connectivity index (χ0n) is 12.3. The summed E-state index contributed by atoms with van der Waals surface area (Å²) < 4.78 is 6.66. The zero-order valence-corrected chi connectivity index (χ0v) is 13.1. The molecule has 2 heterocycles. The van der Waals surface area contributed by atoms with Crippen LogP contribution in [-0.4, -0.2) is 52.4 Å². The number of carboxylic acids is 1. The van der Waals surface area contributed by atoms with Crippen LogP contribution in [0.3, 0.4) is 0 Å². The monoisotopic (exact) mass is 323 g/mol. The van der Waals surface area contributed by atoms with E-state index >= 15 is 0 Å². The van der Waals surface area contributed by atoms with Gasteiger partial charge in [-0.15, -0.1) is 0 Å². The fraction of sp³-hybridized carbons (Fsp3) is 0.357. The highest BCUT2D eigenvalue weighted by molar-refractivity contribution is 7.98. The second-order valence-electron chi connectivity index (χ2n) is 4.55. The minimum atomic E-state index is -1.10. The van der Waals surface area contributed by atoms with Crippen LogP contribution in [0.1, 0.15) is 16.9 Å². The van der Waals surface area contributed by atoms with Gasteiger partial charge >= 0.3 is 5.97 Å². The van der Waals surface area contributed by atoms with Crippen LogP contribution in [0.4, 0.5) is 0 Å². The number of hydrogen-bond donors (Lipinski definition) is 2. The van der Waals surface area contributed by atoms with E-state index in [1.807, 2.05) is 18.5 Å². The number of methoxy groups -OCH3 is 1. The third-order valence-electron chi connectivity index (χ3n) is 3.13. The van der Waals surface area contributed by atoms with Gasteiger partial charge in [-0.2, -0.15) is 0 Å². The Balaban J connectivity index is 2.27. The summed E-state index contributed by atoms with van der Waals surface area (Å²) in [5.74, 6) is -1.61. The summed E-state index contributed by atoms with van der Waals surface area (Å²) in [4.78, 5) is 27.9. The van der Waals surface area contributed by atoms with Crippen LogP contribution in [-0.2, 0) is 9.53 Å². The standard InChI is InChI=1S/C14H17N3O4S/c1-21-8-6-9(13(19)20)15-12(18)11-10-5-3-4-7-17(10)14(16-11)22-2/h3-5,7,9H,6,8H2,1-2H3,(H,15,18)(H,19,20). The van der Waals surface area contributed by atoms with Gasteiger partial charge in [0.1, 0.15) is 6.04 Å². The van der Waals surface area contributed by atoms with Crippen LogP contribution >= 0.6 is 11.8 Å². The third-order valence-corrected chi connectivity index (χ3v) is 3.78. The van der Waals surface area contributed by atoms with Gasteiger partial charge in [-0.25, -0.2) is 9.78 Å². The van der Waals surface area contributed by atoms with E-state index in [9.17, 15) is 9.59 Å². The van der Waals surface area contributed by atoms with Crippen molar-refractivity contribution in [2.45, 2.75) is 17.6 Å². The number of nitrogens with zero attached hydrogens (tertiary/aromatic N) is 2. The lowest BCUT2D eigenvalue weighted by atomic mass is 10.2. The molecule has 22 heavy (non-hydrogen) atoms. The number of carboxylic acid groups (broad SMARTS) is 1. The van der Waals surface area contributed by atoms with Crippen LogP contribution in [0.15, 0.2) is 29.6 Å². The molecule has 1 unspecified atom stereocenters. The first kappa shape index (κ1) is 16.3. The summed E-state index contributed by atoms with van der Waals surface area (Å²) >= 11 is 1.41. The SMILES string of the molecule is COCCC(NC(=O)c1nc(SC)n2ccccc12)C(=O)O. The second kappa shape index (κ2) is 7.28. The number of nitrogens with one attached hydrogen (secondary N) is 1. The van der Waals surface area contributed by atoms with Crippen LogP contribution in [0.5, 0.6) is 0 Å². The molecular weight excluding hydrogens is 306 g/mol. The predicted molar refractivity (Wildman–Crippen MR) is 82.4 cm³/mol. The molecule has 7 nitrogen and oxygen atoms in total. The van der Waals surface area contributed by atoms with Crippen molar-refractivity contribution < 1.29 is 19.4 Å². The van der Waals surface area contributed by atoms with E-state index in [0.717, 1.165) is 0 Å². The number of fused-ring (bicyclic) bond motifs is 1. The van der Waals surface area contributed by atoms with E-state index in [1.165, 1.54) is 18.9 Å². The molecule has 0 aliphatic rings. The molecule has 2 N–H and O–H groups in total. The summed E-state index contributed by atoms with van der Waals surface area (Å²) in [6.07, 6.45) is 3.87. The maximum atomic E-state index is 12.4. The largest absolute Gasteiger partial charge is 0.480 e. The molecule has 0 fully saturated rings. The number of ether oxygens (including phenoxy) is 1. The van der Waals surface area contributed by atoms with Crippen molar-refractivity contribution in [1.82, 2.24) is 14.7 Å². The van der Waals surface area contributed by atoms with Gasteiger partial charge in [0, 0.05) is 26.3 Å². The minimum Gasteiger partial charge on any atom is -0.480 e. The van der Waals surface area contributed by atoms with Crippen molar-refractivity contribution in [2.24, 2.45) is 0 Å². The summed E-state index contributed by atoms with van der Waals surface area (Å²) in [5.41, 5.74) is 0.855. The molecule has 0 saturated carbocycles. The number of amides is 1. The van der Waals surface area contributed by atoms with Crippen LogP contribution in [0.2, 0.25) is 0 Å². The predicted octanol–water partition coefficient (Wildman–Crippen LogP) is 1.28. The summed E-state index contributed by atoms with van der Waals surface area (Å²) in [6.45, 7) is 0.247. The molecule has 0 bridgehead atoms. The molecule has 2 aromatic heterocycles. The molecule has 2 rings (SSSR count). The average molecular weight is 323 g/mol. The van der Waals surface area contributed by atoms with Crippen molar-refractivity contribution >= 4 is 29.2 Å². The Morgan fingerprint density at radius 3 is 2.91 bits per heavy atom. The van der Waals surface area contributed by atoms with E-state index in [1.54, 1.807) is 16.5 Å². The topological polar surface area (TPSA) is 92.9 Å². The van der Waals surface area contributed by atoms with Gasteiger partial charge in [-0.05, 0) is 18.4 Å². The number of aromatic nitrogens is 2. The number of thioether (sulfide) groups is 1. The summed E-state index contributed by atoms with van der Waals surface area (Å²) in [5, 5.41) is 12.3. The van der Waals surface area contributed by atoms with Crippen molar-refractivity contribution in [3.8, 4) is 0 Å². The molecule has 0 spiro atoms. The lowest BCUT2D eigenvalue weighted by Crippen LogP contribution is -2.41. The fourth-order valence-electron chi connectivity index (χ4n) is 2.04. The first-order valence-electron chi connectivity index (χ1n) is 6.62. The number of rotatable bonds is 7. The maximum absolute atomic E-state index is 12.4. The average Bonchev–Trinajstić information content (AvgIpc) is 2.90. The van der Waals surface area contributed by atoms with Crippen molar-refractivity contribution in [2.75, 3.05) is 20.0 Å². The molecular formula is C14H17N3O4S. The Morgan fingerprint density at radius 2 is 2.27 bits per heavy atom. The van der Waals surface area contributed by atoms with Gasteiger partial charge in [0.05, 0.1) is 5.52 Å². The summed E-state index contributed by atoms with van der Waals surface area (Å²) in [7, 11) is 1.48. The fourth-order valence-corrected chi connectivity index (χ4v) is 2.58. The lowest BCUT2D eigenvalue weighted by molar-refractivity contribution is -0.139. The first-order valence-corrected chi connectivity index (χ1v) is 7.84. The molecule has 118 valence electrons. The number of imidazole rings is 1. The molecule has 0 aliphatic carbocycles. The molecule has 2 aromatic rings. The number of hydrogen-bond acceptors (Lipinski definition) is 5. The molecule has 0 aliphatic heterocycles. The quantitative estimate of drug-likeness (QED) is 0.746. The number of carbonyl (C=O) groups is 2. The second-order valence-corrected chi connectivity index (χ2v) is 5.32. The Bertz CT molecular complexity index is 686. The van der Waals surface area contributed by atoms with Crippen molar-refractivity contribution in [3.63, 3.8) is 0 Å². The molecule has 0 aromatic carbocycles. The van der Waals surface area contributed by atoms with E-state index < -0.39 is 17.9 Å². The zero-order chi connectivity index (χ0) is 16.1. The van der Waals surface area contributed by atoms with E-state index in [-0.39, 0.29) is 18.7 Å². The Morgan fingerprint density at radius 1 is 1.50 bits per heavy atom. The molecule has 1 atom stereocenters. The summed E-state index contributed by atoms with van der Waals surface area (Å²) in [6, 6.07) is 4.41. The van der Waals surface area contributed by atoms with E-state index in [0.29, 0.717) is 10.7 Å². The molecule has 0 saturated heterocycles. The molecule has 8 heteroatoms. The van der Waals surface area contributed by atoms with Crippen LogP contribution in [0, 0.1) is 0 Å². The normalized spacial score (nSPS) is 12.3. The van der Waals surface area contributed by atoms with Crippen molar-refractivity contribution in [3.05, 3.63) is 30.1 Å². The van der Waals surface area contributed by atoms with Gasteiger partial charge in [0.15, 0.2) is 10.9 Å². The van der Waals surface area contributed by atoms with Gasteiger partial charge in [0.25, 0.3) is 5.91 Å². The molecule has 0 radical (unpaired) electrons. The van der Waals surface area contributed by atoms with Gasteiger partial charge in [-0.1, -0.05) is 17.8 Å². The smallest absolute Gasteiger partial charge is 0.326 e. The third kappa shape index (κ3) is 3.40. The maximum Gasteiger partial charge on any atom is 0.326 e. The van der Waals surface area contributed by atoms with E-state index in [2.05, 4.69) is 10.3 Å². The Kier molecular flexibility index (Phi) is 5.40. The van der Waals surface area contributed by atoms with Gasteiger partial charge in [0.2, 0.25) is 0 Å². The van der Waals surface area contributed by atoms with Crippen LogP contribution in [0.25, 0.3) is 5.52 Å². The highest BCUT2D eigenvalue weighted by Crippen LogP contribution is 2.19. The minimum absolute atomic E-state index is 0.193. The molecule has 1 amide bonds. The first-order chi connectivity index (χ1) is 10.6. The highest BCUT2D eigenvalue weighted by Gasteiger charge is 2.23. The Labute approximate surface area is 131 Å².